The third kappa shape index (κ3) is 4.06. The van der Waals surface area contributed by atoms with Crippen LogP contribution in [0.5, 0.6) is 0 Å². The predicted octanol–water partition coefficient (Wildman–Crippen LogP) is 3.85. The summed E-state index contributed by atoms with van der Waals surface area (Å²) in [7, 11) is -8.03. The van der Waals surface area contributed by atoms with Gasteiger partial charge in [-0.1, -0.05) is 42.8 Å². The monoisotopic (exact) mass is 552 g/mol. The molecule has 0 saturated carbocycles. The number of aromatic nitrogens is 2. The Morgan fingerprint density at radius 1 is 0.947 bits per heavy atom. The molecule has 1 aromatic heterocycles. The van der Waals surface area contributed by atoms with Crippen LogP contribution in [0.3, 0.4) is 0 Å². The van der Waals surface area contributed by atoms with Crippen LogP contribution in [0.4, 0.5) is 5.69 Å². The number of primary sulfonamides is 1. The van der Waals surface area contributed by atoms with Crippen molar-refractivity contribution in [1.82, 2.24) is 9.78 Å². The summed E-state index contributed by atoms with van der Waals surface area (Å²) in [5.74, 6) is -1.31. The van der Waals surface area contributed by atoms with Crippen molar-refractivity contribution < 1.29 is 26.7 Å². The molecule has 0 fully saturated rings. The lowest BCUT2D eigenvalue weighted by Crippen LogP contribution is -2.38. The van der Waals surface area contributed by atoms with Gasteiger partial charge >= 0.3 is 5.97 Å². The highest BCUT2D eigenvalue weighted by molar-refractivity contribution is 7.92. The van der Waals surface area contributed by atoms with Crippen LogP contribution in [0.2, 0.25) is 0 Å². The Bertz CT molecular complexity index is 1780. The smallest absolute Gasteiger partial charge is 0.356 e. The molecule has 3 aromatic carbocycles. The van der Waals surface area contributed by atoms with Crippen LogP contribution in [0, 0.1) is 6.92 Å². The first kappa shape index (κ1) is 25.6. The molecule has 5 rings (SSSR count). The van der Waals surface area contributed by atoms with Gasteiger partial charge in [-0.2, -0.15) is 5.10 Å². The number of nitrogens with zero attached hydrogens (tertiary/aromatic N) is 3. The van der Waals surface area contributed by atoms with E-state index < -0.39 is 32.1 Å². The molecule has 0 bridgehead atoms. The summed E-state index contributed by atoms with van der Waals surface area (Å²) in [4.78, 5) is 12.4. The summed E-state index contributed by atoms with van der Waals surface area (Å²) in [6.07, 6.45) is 0.267. The Balaban J connectivity index is 1.79. The molecular weight excluding hydrogens is 528 g/mol. The second-order valence-electron chi connectivity index (χ2n) is 8.92. The van der Waals surface area contributed by atoms with Gasteiger partial charge in [-0.05, 0) is 55.8 Å². The molecule has 0 amide bonds. The summed E-state index contributed by atoms with van der Waals surface area (Å²) in [6, 6.07) is 18.0. The first-order valence-electron chi connectivity index (χ1n) is 11.6. The number of carboxylic acids is 1. The Morgan fingerprint density at radius 2 is 1.55 bits per heavy atom. The molecule has 196 valence electrons. The molecular formula is C26H24N4O6S2. The summed E-state index contributed by atoms with van der Waals surface area (Å²) in [6.45, 7) is 3.64. The maximum absolute atomic E-state index is 14.0. The first-order valence-corrected chi connectivity index (χ1v) is 14.6. The second-order valence-corrected chi connectivity index (χ2v) is 12.3. The maximum atomic E-state index is 14.0. The van der Waals surface area contributed by atoms with E-state index in [2.05, 4.69) is 5.10 Å². The Labute approximate surface area is 220 Å². The lowest BCUT2D eigenvalue weighted by molar-refractivity contribution is 0.0688. The van der Waals surface area contributed by atoms with Crippen molar-refractivity contribution in [3.05, 3.63) is 89.6 Å². The summed E-state index contributed by atoms with van der Waals surface area (Å²) in [5.41, 5.74) is 2.53. The van der Waals surface area contributed by atoms with Crippen molar-refractivity contribution in [2.75, 3.05) is 4.31 Å². The number of carboxylic acid groups (broad SMARTS) is 1. The number of para-hydroxylation sites is 1. The lowest BCUT2D eigenvalue weighted by Gasteiger charge is -2.37. The van der Waals surface area contributed by atoms with Gasteiger partial charge in [-0.15, -0.1) is 0 Å². The molecule has 3 N–H and O–H groups in total. The SMILES string of the molecule is CCC1c2c(C(=O)O)nn(-c3ccc(S(N)(=O)=O)cc3)c2-c2ccccc2N1S(=O)(=O)c1ccc(C)cc1. The average Bonchev–Trinajstić information content (AvgIpc) is 3.29. The number of aromatic carboxylic acids is 1. The minimum absolute atomic E-state index is 0.0858. The van der Waals surface area contributed by atoms with E-state index in [4.69, 9.17) is 5.14 Å². The molecule has 1 aliphatic rings. The fourth-order valence-electron chi connectivity index (χ4n) is 4.77. The van der Waals surface area contributed by atoms with Crippen molar-refractivity contribution in [2.45, 2.75) is 36.1 Å². The minimum Gasteiger partial charge on any atom is -0.476 e. The van der Waals surface area contributed by atoms with Crippen LogP contribution < -0.4 is 9.44 Å². The van der Waals surface area contributed by atoms with Gasteiger partial charge in [0.2, 0.25) is 10.0 Å². The van der Waals surface area contributed by atoms with Crippen LogP contribution in [0.25, 0.3) is 16.9 Å². The van der Waals surface area contributed by atoms with E-state index in [9.17, 15) is 26.7 Å². The topological polar surface area (TPSA) is 153 Å². The fraction of sp³-hybridized carbons (Fsp3) is 0.154. The van der Waals surface area contributed by atoms with Crippen LogP contribution >= 0.6 is 0 Å². The molecule has 1 atom stereocenters. The normalized spacial score (nSPS) is 15.1. The number of nitrogens with two attached hydrogens (primary N) is 1. The highest BCUT2D eigenvalue weighted by atomic mass is 32.2. The van der Waals surface area contributed by atoms with Crippen LogP contribution in [0.1, 0.15) is 41.0 Å². The van der Waals surface area contributed by atoms with Crippen molar-refractivity contribution in [2.24, 2.45) is 5.14 Å². The van der Waals surface area contributed by atoms with Gasteiger partial charge in [-0.3, -0.25) is 4.31 Å². The summed E-state index contributed by atoms with van der Waals surface area (Å²) >= 11 is 0. The third-order valence-corrected chi connectivity index (χ3v) is 9.28. The number of rotatable bonds is 6. The average molecular weight is 553 g/mol. The molecule has 1 aliphatic heterocycles. The number of anilines is 1. The lowest BCUT2D eigenvalue weighted by atomic mass is 9.92. The number of aryl methyl sites for hydroxylation is 1. The van der Waals surface area contributed by atoms with Crippen LogP contribution in [0.15, 0.2) is 82.6 Å². The number of benzene rings is 3. The van der Waals surface area contributed by atoms with Gasteiger partial charge in [0, 0.05) is 11.1 Å². The van der Waals surface area contributed by atoms with Gasteiger partial charge < -0.3 is 5.11 Å². The molecule has 0 radical (unpaired) electrons. The zero-order chi connectivity index (χ0) is 27.4. The van der Waals surface area contributed by atoms with E-state index >= 15 is 0 Å². The second kappa shape index (κ2) is 9.08. The van der Waals surface area contributed by atoms with Crippen LogP contribution in [-0.2, 0) is 20.0 Å². The van der Waals surface area contributed by atoms with Crippen molar-refractivity contribution in [1.29, 1.82) is 0 Å². The van der Waals surface area contributed by atoms with E-state index in [1.807, 2.05) is 6.92 Å². The van der Waals surface area contributed by atoms with Crippen LogP contribution in [-0.4, -0.2) is 37.7 Å². The van der Waals surface area contributed by atoms with E-state index in [0.717, 1.165) is 5.56 Å². The summed E-state index contributed by atoms with van der Waals surface area (Å²) in [5, 5.41) is 19.7. The van der Waals surface area contributed by atoms with Crippen molar-refractivity contribution in [3.8, 4) is 16.9 Å². The van der Waals surface area contributed by atoms with Gasteiger partial charge in [-0.25, -0.2) is 31.5 Å². The molecule has 12 heteroatoms. The number of hydrogen-bond acceptors (Lipinski definition) is 6. The number of fused-ring (bicyclic) bond motifs is 3. The molecule has 2 heterocycles. The summed E-state index contributed by atoms with van der Waals surface area (Å²) < 4.78 is 54.2. The van der Waals surface area contributed by atoms with Gasteiger partial charge in [0.25, 0.3) is 10.0 Å². The van der Waals surface area contributed by atoms with E-state index in [0.29, 0.717) is 22.6 Å². The zero-order valence-corrected chi connectivity index (χ0v) is 22.1. The third-order valence-electron chi connectivity index (χ3n) is 6.51. The predicted molar refractivity (Wildman–Crippen MR) is 141 cm³/mol. The number of sulfonamides is 2. The molecule has 10 nitrogen and oxygen atoms in total. The highest BCUT2D eigenvalue weighted by Crippen LogP contribution is 2.50. The van der Waals surface area contributed by atoms with Gasteiger partial charge in [0.15, 0.2) is 5.69 Å². The zero-order valence-electron chi connectivity index (χ0n) is 20.4. The Kier molecular flexibility index (Phi) is 6.13. The number of hydrogen-bond donors (Lipinski definition) is 2. The minimum atomic E-state index is -4.09. The molecule has 38 heavy (non-hydrogen) atoms. The van der Waals surface area contributed by atoms with Gasteiger partial charge in [0.1, 0.15) is 0 Å². The Morgan fingerprint density at radius 3 is 2.13 bits per heavy atom. The largest absolute Gasteiger partial charge is 0.476 e. The molecule has 0 saturated heterocycles. The maximum Gasteiger partial charge on any atom is 0.356 e. The number of carbonyl (C=O) groups is 1. The Hall–Kier alpha value is -4.00. The van der Waals surface area contributed by atoms with Crippen molar-refractivity contribution >= 4 is 31.7 Å². The standard InChI is InChI=1S/C26H24N4O6S2/c1-3-21-23-24(26(31)32)28-29(17-10-14-18(15-11-17)37(27,33)34)25(23)20-6-4-5-7-22(20)30(21)38(35,36)19-12-8-16(2)9-13-19/h4-15,21H,3H2,1-2H3,(H,31,32)(H2,27,33,34). The highest BCUT2D eigenvalue weighted by Gasteiger charge is 2.43. The van der Waals surface area contributed by atoms with E-state index in [-0.39, 0.29) is 27.5 Å². The van der Waals surface area contributed by atoms with E-state index in [1.54, 1.807) is 43.3 Å². The van der Waals surface area contributed by atoms with Gasteiger partial charge in [0.05, 0.1) is 32.9 Å². The molecule has 1 unspecified atom stereocenters. The molecule has 0 aliphatic carbocycles. The first-order chi connectivity index (χ1) is 17.9. The van der Waals surface area contributed by atoms with Crippen molar-refractivity contribution in [3.63, 3.8) is 0 Å². The fourth-order valence-corrected chi connectivity index (χ4v) is 7.00. The molecule has 4 aromatic rings. The quantitative estimate of drug-likeness (QED) is 0.368. The van der Waals surface area contributed by atoms with E-state index in [1.165, 1.54) is 45.4 Å². The molecule has 0 spiro atoms.